The summed E-state index contributed by atoms with van der Waals surface area (Å²) in [4.78, 5) is 34.3. The fourth-order valence-corrected chi connectivity index (χ4v) is 4.06. The van der Waals surface area contributed by atoms with E-state index in [2.05, 4.69) is 4.98 Å². The first-order valence-electron chi connectivity index (χ1n) is 9.78. The average molecular weight is 363 g/mol. The Bertz CT molecular complexity index is 839. The Morgan fingerprint density at radius 1 is 1.07 bits per heavy atom. The third-order valence-corrected chi connectivity index (χ3v) is 5.55. The number of hydrogen-bond donors (Lipinski definition) is 0. The Hall–Kier alpha value is -2.69. The molecule has 3 heterocycles. The van der Waals surface area contributed by atoms with Crippen molar-refractivity contribution in [2.45, 2.75) is 45.1 Å². The van der Waals surface area contributed by atoms with Crippen molar-refractivity contribution in [3.63, 3.8) is 0 Å². The summed E-state index contributed by atoms with van der Waals surface area (Å²) in [5.41, 5.74) is 3.27. The number of hydrogen-bond acceptors (Lipinski definition) is 3. The Kier molecular flexibility index (Phi) is 4.92. The van der Waals surface area contributed by atoms with Crippen molar-refractivity contribution in [1.29, 1.82) is 0 Å². The highest BCUT2D eigenvalue weighted by atomic mass is 16.2. The molecule has 5 nitrogen and oxygen atoms in total. The van der Waals surface area contributed by atoms with E-state index in [-0.39, 0.29) is 24.3 Å². The van der Waals surface area contributed by atoms with Gasteiger partial charge in [-0.2, -0.15) is 0 Å². The summed E-state index contributed by atoms with van der Waals surface area (Å²) < 4.78 is 0. The number of benzene rings is 1. The molecule has 27 heavy (non-hydrogen) atoms. The lowest BCUT2D eigenvalue weighted by molar-refractivity contribution is -0.131. The SMILES string of the molecule is Cc1ccc(N2C(=O)c3cccnc3[C@H]2CC(=O)N2CCCCCC2)cc1. The van der Waals surface area contributed by atoms with Gasteiger partial charge in [-0.3, -0.25) is 19.5 Å². The molecule has 1 aromatic heterocycles. The predicted octanol–water partition coefficient (Wildman–Crippen LogP) is 3.88. The van der Waals surface area contributed by atoms with Gasteiger partial charge in [0.1, 0.15) is 0 Å². The second-order valence-corrected chi connectivity index (χ2v) is 7.46. The van der Waals surface area contributed by atoms with E-state index in [0.717, 1.165) is 37.2 Å². The first-order chi connectivity index (χ1) is 13.1. The van der Waals surface area contributed by atoms with Gasteiger partial charge in [-0.15, -0.1) is 0 Å². The maximum atomic E-state index is 13.1. The van der Waals surface area contributed by atoms with Crippen LogP contribution in [0.3, 0.4) is 0 Å². The zero-order valence-corrected chi connectivity index (χ0v) is 15.7. The maximum Gasteiger partial charge on any atom is 0.260 e. The fourth-order valence-electron chi connectivity index (χ4n) is 4.06. The Labute approximate surface area is 160 Å². The zero-order chi connectivity index (χ0) is 18.8. The highest BCUT2D eigenvalue weighted by Crippen LogP contribution is 2.38. The first-order valence-corrected chi connectivity index (χ1v) is 9.78. The molecular formula is C22H25N3O2. The van der Waals surface area contributed by atoms with Crippen molar-refractivity contribution >= 4 is 17.5 Å². The van der Waals surface area contributed by atoms with Crippen LogP contribution in [0.1, 0.15) is 59.8 Å². The smallest absolute Gasteiger partial charge is 0.260 e. The number of aromatic nitrogens is 1. The first kappa shape index (κ1) is 17.7. The molecule has 2 aromatic rings. The number of rotatable bonds is 3. The van der Waals surface area contributed by atoms with Gasteiger partial charge in [0.2, 0.25) is 5.91 Å². The third kappa shape index (κ3) is 3.46. The van der Waals surface area contributed by atoms with E-state index in [4.69, 9.17) is 0 Å². The third-order valence-electron chi connectivity index (χ3n) is 5.55. The molecule has 0 radical (unpaired) electrons. The van der Waals surface area contributed by atoms with Crippen molar-refractivity contribution in [1.82, 2.24) is 9.88 Å². The van der Waals surface area contributed by atoms with Crippen LogP contribution < -0.4 is 4.90 Å². The molecule has 2 amide bonds. The Morgan fingerprint density at radius 3 is 2.48 bits per heavy atom. The molecule has 140 valence electrons. The lowest BCUT2D eigenvalue weighted by Crippen LogP contribution is -2.36. The van der Waals surface area contributed by atoms with Crippen LogP contribution >= 0.6 is 0 Å². The van der Waals surface area contributed by atoms with E-state index in [1.165, 1.54) is 12.8 Å². The second kappa shape index (κ2) is 7.51. The Balaban J connectivity index is 1.65. The number of fused-ring (bicyclic) bond motifs is 1. The van der Waals surface area contributed by atoms with Gasteiger partial charge in [-0.25, -0.2) is 0 Å². The number of amides is 2. The summed E-state index contributed by atoms with van der Waals surface area (Å²) in [6.07, 6.45) is 6.48. The maximum absolute atomic E-state index is 13.1. The quantitative estimate of drug-likeness (QED) is 0.831. The van der Waals surface area contributed by atoms with E-state index in [9.17, 15) is 9.59 Å². The van der Waals surface area contributed by atoms with Crippen molar-refractivity contribution in [2.75, 3.05) is 18.0 Å². The number of carbonyl (C=O) groups is 2. The van der Waals surface area contributed by atoms with Gasteiger partial charge in [-0.1, -0.05) is 30.5 Å². The number of nitrogens with zero attached hydrogens (tertiary/aromatic N) is 3. The van der Waals surface area contributed by atoms with E-state index in [1.54, 1.807) is 17.2 Å². The number of aryl methyl sites for hydroxylation is 1. The standard InChI is InChI=1S/C22H25N3O2/c1-16-8-10-17(11-9-16)25-19(21-18(22(25)27)7-6-12-23-21)15-20(26)24-13-4-2-3-5-14-24/h6-12,19H,2-5,13-15H2,1H3/t19-/m1/s1. The summed E-state index contributed by atoms with van der Waals surface area (Å²) in [5, 5.41) is 0. The lowest BCUT2D eigenvalue weighted by Gasteiger charge is -2.27. The van der Waals surface area contributed by atoms with Gasteiger partial charge in [0.15, 0.2) is 0 Å². The van der Waals surface area contributed by atoms with Gasteiger partial charge in [-0.05, 0) is 44.0 Å². The predicted molar refractivity (Wildman–Crippen MR) is 105 cm³/mol. The van der Waals surface area contributed by atoms with Crippen molar-refractivity contribution < 1.29 is 9.59 Å². The average Bonchev–Trinajstić information content (AvgIpc) is 2.86. The molecule has 1 saturated heterocycles. The van der Waals surface area contributed by atoms with E-state index < -0.39 is 0 Å². The molecule has 0 bridgehead atoms. The van der Waals surface area contributed by atoms with Crippen molar-refractivity contribution in [2.24, 2.45) is 0 Å². The Morgan fingerprint density at radius 2 is 1.78 bits per heavy atom. The minimum Gasteiger partial charge on any atom is -0.343 e. The van der Waals surface area contributed by atoms with Crippen LogP contribution in [0.25, 0.3) is 0 Å². The summed E-state index contributed by atoms with van der Waals surface area (Å²) in [5.74, 6) is 0.0425. The number of carbonyl (C=O) groups excluding carboxylic acids is 2. The largest absolute Gasteiger partial charge is 0.343 e. The minimum atomic E-state index is -0.341. The summed E-state index contributed by atoms with van der Waals surface area (Å²) >= 11 is 0. The minimum absolute atomic E-state index is 0.0735. The molecule has 0 saturated carbocycles. The van der Waals surface area contributed by atoms with Crippen LogP contribution in [-0.4, -0.2) is 34.8 Å². The van der Waals surface area contributed by atoms with E-state index in [0.29, 0.717) is 11.3 Å². The summed E-state index contributed by atoms with van der Waals surface area (Å²) in [7, 11) is 0. The molecule has 4 rings (SSSR count). The van der Waals surface area contributed by atoms with Gasteiger partial charge >= 0.3 is 0 Å². The zero-order valence-electron chi connectivity index (χ0n) is 15.7. The van der Waals surface area contributed by atoms with Crippen LogP contribution in [0.4, 0.5) is 5.69 Å². The van der Waals surface area contributed by atoms with Crippen molar-refractivity contribution in [3.8, 4) is 0 Å². The normalized spacial score (nSPS) is 19.7. The topological polar surface area (TPSA) is 53.5 Å². The molecule has 0 aliphatic carbocycles. The highest BCUT2D eigenvalue weighted by molar-refractivity contribution is 6.11. The fraction of sp³-hybridized carbons (Fsp3) is 0.409. The summed E-state index contributed by atoms with van der Waals surface area (Å²) in [6.45, 7) is 3.66. The van der Waals surface area contributed by atoms with Crippen LogP contribution in [0.15, 0.2) is 42.6 Å². The molecule has 2 aliphatic rings. The van der Waals surface area contributed by atoms with Crippen LogP contribution in [0.5, 0.6) is 0 Å². The molecule has 0 N–H and O–H groups in total. The molecule has 2 aliphatic heterocycles. The van der Waals surface area contributed by atoms with Crippen LogP contribution in [0, 0.1) is 6.92 Å². The van der Waals surface area contributed by atoms with Gasteiger partial charge in [0.25, 0.3) is 5.91 Å². The molecule has 1 aromatic carbocycles. The number of likely N-dealkylation sites (tertiary alicyclic amines) is 1. The van der Waals surface area contributed by atoms with Gasteiger partial charge in [0.05, 0.1) is 23.7 Å². The monoisotopic (exact) mass is 363 g/mol. The second-order valence-electron chi connectivity index (χ2n) is 7.46. The molecule has 5 heteroatoms. The van der Waals surface area contributed by atoms with E-state index in [1.807, 2.05) is 42.2 Å². The van der Waals surface area contributed by atoms with Crippen molar-refractivity contribution in [3.05, 3.63) is 59.4 Å². The molecule has 0 spiro atoms. The van der Waals surface area contributed by atoms with E-state index >= 15 is 0 Å². The lowest BCUT2D eigenvalue weighted by atomic mass is 10.1. The van der Waals surface area contributed by atoms with Gasteiger partial charge in [0, 0.05) is 25.0 Å². The molecule has 1 atom stereocenters. The molecular weight excluding hydrogens is 338 g/mol. The van der Waals surface area contributed by atoms with Gasteiger partial charge < -0.3 is 4.90 Å². The van der Waals surface area contributed by atoms with Crippen LogP contribution in [0.2, 0.25) is 0 Å². The molecule has 0 unspecified atom stereocenters. The van der Waals surface area contributed by atoms with Crippen LogP contribution in [-0.2, 0) is 4.79 Å². The highest BCUT2D eigenvalue weighted by Gasteiger charge is 2.40. The number of pyridine rings is 1. The molecule has 1 fully saturated rings. The summed E-state index contributed by atoms with van der Waals surface area (Å²) in [6, 6.07) is 11.1. The number of anilines is 1.